The van der Waals surface area contributed by atoms with E-state index in [2.05, 4.69) is 61.4 Å². The largest absolute Gasteiger partial charge is 0.371 e. The van der Waals surface area contributed by atoms with Crippen LogP contribution < -0.4 is 15.1 Å². The molecular weight excluding hydrogens is 400 g/mol. The van der Waals surface area contributed by atoms with Gasteiger partial charge in [0.25, 0.3) is 0 Å². The first kappa shape index (κ1) is 20.8. The number of anilines is 2. The number of carbonyl (C=O) groups is 1. The molecule has 2 aliphatic heterocycles. The van der Waals surface area contributed by atoms with E-state index in [1.54, 1.807) is 0 Å². The molecule has 168 valence electrons. The van der Waals surface area contributed by atoms with Gasteiger partial charge in [0.15, 0.2) is 0 Å². The van der Waals surface area contributed by atoms with Gasteiger partial charge in [-0.05, 0) is 43.0 Å². The van der Waals surface area contributed by atoms with E-state index in [4.69, 9.17) is 4.98 Å². The Morgan fingerprint density at radius 3 is 2.69 bits per heavy atom. The molecule has 2 saturated heterocycles. The molecule has 3 heterocycles. The number of benzene rings is 2. The van der Waals surface area contributed by atoms with Gasteiger partial charge in [0, 0.05) is 51.5 Å². The van der Waals surface area contributed by atoms with E-state index in [0.717, 1.165) is 75.6 Å². The zero-order valence-electron chi connectivity index (χ0n) is 18.5. The van der Waals surface area contributed by atoms with Crippen LogP contribution in [0.5, 0.6) is 0 Å². The third kappa shape index (κ3) is 4.88. The number of hydrogen-bond donors (Lipinski definition) is 2. The van der Waals surface area contributed by atoms with Crippen LogP contribution in [-0.2, 0) is 4.79 Å². The number of rotatable bonds is 6. The summed E-state index contributed by atoms with van der Waals surface area (Å²) in [4.78, 5) is 27.7. The van der Waals surface area contributed by atoms with E-state index >= 15 is 0 Å². The number of imidazole rings is 1. The van der Waals surface area contributed by atoms with Crippen LogP contribution in [0.3, 0.4) is 0 Å². The molecule has 0 bridgehead atoms. The molecule has 2 N–H and O–H groups in total. The Morgan fingerprint density at radius 2 is 1.81 bits per heavy atom. The number of aromatic amines is 1. The van der Waals surface area contributed by atoms with E-state index in [0.29, 0.717) is 12.5 Å². The molecule has 0 aliphatic carbocycles. The first-order valence-electron chi connectivity index (χ1n) is 11.7. The number of H-pyrrole nitrogens is 1. The summed E-state index contributed by atoms with van der Waals surface area (Å²) in [5.74, 6) is 1.59. The van der Waals surface area contributed by atoms with Crippen molar-refractivity contribution >= 4 is 28.6 Å². The molecule has 2 aromatic carbocycles. The van der Waals surface area contributed by atoms with Crippen molar-refractivity contribution in [2.45, 2.75) is 12.8 Å². The Kier molecular flexibility index (Phi) is 6.25. The Labute approximate surface area is 189 Å². The summed E-state index contributed by atoms with van der Waals surface area (Å²) < 4.78 is 0. The summed E-state index contributed by atoms with van der Waals surface area (Å²) in [6, 6.07) is 18.7. The van der Waals surface area contributed by atoms with Crippen molar-refractivity contribution in [2.24, 2.45) is 5.92 Å². The molecule has 0 radical (unpaired) electrons. The zero-order chi connectivity index (χ0) is 21.8. The second kappa shape index (κ2) is 9.61. The maximum absolute atomic E-state index is 12.6. The second-order valence-electron chi connectivity index (χ2n) is 8.93. The molecule has 32 heavy (non-hydrogen) atoms. The van der Waals surface area contributed by atoms with Crippen molar-refractivity contribution in [3.8, 4) is 0 Å². The molecule has 3 aromatic rings. The van der Waals surface area contributed by atoms with Gasteiger partial charge in [0.1, 0.15) is 0 Å². The Morgan fingerprint density at radius 1 is 0.969 bits per heavy atom. The maximum atomic E-state index is 12.6. The number of aromatic nitrogens is 2. The SMILES string of the molecule is O=C(CN1CCCN(c2nc3ccccc3[nH]2)CC1)NCC1CCN(c2ccccc2)C1. The lowest BCUT2D eigenvalue weighted by molar-refractivity contribution is -0.122. The van der Waals surface area contributed by atoms with Gasteiger partial charge in [-0.3, -0.25) is 9.69 Å². The van der Waals surface area contributed by atoms with Crippen LogP contribution in [0.25, 0.3) is 11.0 Å². The predicted octanol–water partition coefficient (Wildman–Crippen LogP) is 2.72. The van der Waals surface area contributed by atoms with Gasteiger partial charge in [0.05, 0.1) is 17.6 Å². The smallest absolute Gasteiger partial charge is 0.234 e. The van der Waals surface area contributed by atoms with Crippen LogP contribution >= 0.6 is 0 Å². The maximum Gasteiger partial charge on any atom is 0.234 e. The van der Waals surface area contributed by atoms with E-state index in [1.807, 2.05) is 18.2 Å². The molecule has 7 heteroatoms. The molecule has 1 aromatic heterocycles. The minimum atomic E-state index is 0.139. The molecule has 2 fully saturated rings. The number of carbonyl (C=O) groups excluding carboxylic acids is 1. The Bertz CT molecular complexity index is 1000. The lowest BCUT2D eigenvalue weighted by Crippen LogP contribution is -2.41. The van der Waals surface area contributed by atoms with Crippen molar-refractivity contribution in [3.05, 3.63) is 54.6 Å². The fourth-order valence-electron chi connectivity index (χ4n) is 4.82. The lowest BCUT2D eigenvalue weighted by Gasteiger charge is -2.22. The van der Waals surface area contributed by atoms with Crippen LogP contribution in [0.2, 0.25) is 0 Å². The van der Waals surface area contributed by atoms with Gasteiger partial charge in [-0.15, -0.1) is 0 Å². The average molecular weight is 433 g/mol. The highest BCUT2D eigenvalue weighted by atomic mass is 16.2. The summed E-state index contributed by atoms with van der Waals surface area (Å²) >= 11 is 0. The van der Waals surface area contributed by atoms with Gasteiger partial charge < -0.3 is 20.1 Å². The monoisotopic (exact) mass is 432 g/mol. The zero-order valence-corrected chi connectivity index (χ0v) is 18.5. The topological polar surface area (TPSA) is 67.5 Å². The van der Waals surface area contributed by atoms with Crippen molar-refractivity contribution in [2.75, 3.05) is 62.2 Å². The summed E-state index contributed by atoms with van der Waals surface area (Å²) in [6.07, 6.45) is 2.16. The number of nitrogens with one attached hydrogen (secondary N) is 2. The number of hydrogen-bond acceptors (Lipinski definition) is 5. The lowest BCUT2D eigenvalue weighted by atomic mass is 10.1. The molecular formula is C25H32N6O. The number of para-hydroxylation sites is 3. The first-order valence-corrected chi connectivity index (χ1v) is 11.7. The number of amides is 1. The first-order chi connectivity index (χ1) is 15.7. The van der Waals surface area contributed by atoms with Gasteiger partial charge in [-0.1, -0.05) is 30.3 Å². The van der Waals surface area contributed by atoms with Gasteiger partial charge >= 0.3 is 0 Å². The molecule has 7 nitrogen and oxygen atoms in total. The normalized spacial score (nSPS) is 19.9. The van der Waals surface area contributed by atoms with Gasteiger partial charge in [-0.2, -0.15) is 0 Å². The minimum absolute atomic E-state index is 0.139. The van der Waals surface area contributed by atoms with Gasteiger partial charge in [-0.25, -0.2) is 4.98 Å². The Hall–Kier alpha value is -3.06. The number of nitrogens with zero attached hydrogens (tertiary/aromatic N) is 4. The van der Waals surface area contributed by atoms with Crippen LogP contribution in [0.15, 0.2) is 54.6 Å². The fourth-order valence-corrected chi connectivity index (χ4v) is 4.82. The van der Waals surface area contributed by atoms with E-state index in [1.165, 1.54) is 5.69 Å². The highest BCUT2D eigenvalue weighted by Gasteiger charge is 2.24. The Balaban J connectivity index is 1.07. The summed E-state index contributed by atoms with van der Waals surface area (Å²) in [5.41, 5.74) is 3.35. The molecule has 0 saturated carbocycles. The predicted molar refractivity (Wildman–Crippen MR) is 129 cm³/mol. The molecule has 1 unspecified atom stereocenters. The van der Waals surface area contributed by atoms with Crippen molar-refractivity contribution in [3.63, 3.8) is 0 Å². The third-order valence-electron chi connectivity index (χ3n) is 6.63. The standard InChI is InChI=1S/C25H32N6O/c32-24(26-17-20-11-14-31(18-20)21-7-2-1-3-8-21)19-29-12-6-13-30(16-15-29)25-27-22-9-4-5-10-23(22)28-25/h1-5,7-10,20H,6,11-19H2,(H,26,32)(H,27,28). The van der Waals surface area contributed by atoms with Crippen molar-refractivity contribution in [1.82, 2.24) is 20.2 Å². The second-order valence-corrected chi connectivity index (χ2v) is 8.93. The average Bonchev–Trinajstić information content (AvgIpc) is 3.41. The minimum Gasteiger partial charge on any atom is -0.371 e. The summed E-state index contributed by atoms with van der Waals surface area (Å²) in [5, 5.41) is 3.19. The van der Waals surface area contributed by atoms with Crippen LogP contribution in [0, 0.1) is 5.92 Å². The van der Waals surface area contributed by atoms with Gasteiger partial charge in [0.2, 0.25) is 11.9 Å². The van der Waals surface area contributed by atoms with Crippen LogP contribution in [-0.4, -0.2) is 73.1 Å². The molecule has 1 atom stereocenters. The van der Waals surface area contributed by atoms with E-state index < -0.39 is 0 Å². The van der Waals surface area contributed by atoms with E-state index in [-0.39, 0.29) is 5.91 Å². The quantitative estimate of drug-likeness (QED) is 0.627. The molecule has 1 amide bonds. The van der Waals surface area contributed by atoms with Crippen LogP contribution in [0.4, 0.5) is 11.6 Å². The summed E-state index contributed by atoms with van der Waals surface area (Å²) in [7, 11) is 0. The van der Waals surface area contributed by atoms with Crippen molar-refractivity contribution < 1.29 is 4.79 Å². The fraction of sp³-hybridized carbons (Fsp3) is 0.440. The third-order valence-corrected chi connectivity index (χ3v) is 6.63. The summed E-state index contributed by atoms with van der Waals surface area (Å²) in [6.45, 7) is 6.96. The molecule has 2 aliphatic rings. The highest BCUT2D eigenvalue weighted by molar-refractivity contribution is 5.78. The van der Waals surface area contributed by atoms with E-state index in [9.17, 15) is 4.79 Å². The highest BCUT2D eigenvalue weighted by Crippen LogP contribution is 2.23. The van der Waals surface area contributed by atoms with Crippen molar-refractivity contribution in [1.29, 1.82) is 0 Å². The number of fused-ring (bicyclic) bond motifs is 1. The molecule has 5 rings (SSSR count). The van der Waals surface area contributed by atoms with Crippen LogP contribution in [0.1, 0.15) is 12.8 Å². The molecule has 0 spiro atoms.